The third-order valence-electron chi connectivity index (χ3n) is 1.83. The Morgan fingerprint density at radius 2 is 2.07 bits per heavy atom. The molecule has 0 heterocycles. The average Bonchev–Trinajstić information content (AvgIpc) is 2.16. The predicted octanol–water partition coefficient (Wildman–Crippen LogP) is 2.46. The van der Waals surface area contributed by atoms with Gasteiger partial charge in [0.25, 0.3) is 0 Å². The van der Waals surface area contributed by atoms with E-state index in [1.807, 2.05) is 0 Å². The average molecular weight is 226 g/mol. The first-order valence-corrected chi connectivity index (χ1v) is 5.00. The molecular weight excluding hydrogens is 214 g/mol. The molecule has 0 spiro atoms. The Hall–Kier alpha value is -1.35. The van der Waals surface area contributed by atoms with Crippen molar-refractivity contribution in [2.24, 2.45) is 0 Å². The van der Waals surface area contributed by atoms with Gasteiger partial charge in [-0.3, -0.25) is 9.59 Å². The fourth-order valence-electron chi connectivity index (χ4n) is 1.18. The van der Waals surface area contributed by atoms with Crippen LogP contribution in [0.15, 0.2) is 24.3 Å². The molecule has 4 heteroatoms. The minimum absolute atomic E-state index is 0.149. The Balaban J connectivity index is 2.92. The standard InChI is InChI=1S/C11H12ClNO2/c1-7(12)11(15)9-4-3-5-10(6-9)13-8(2)14/h3-7H,1-2H3,(H,13,14). The van der Waals surface area contributed by atoms with Gasteiger partial charge in [0, 0.05) is 18.2 Å². The summed E-state index contributed by atoms with van der Waals surface area (Å²) in [6.45, 7) is 3.04. The Kier molecular flexibility index (Phi) is 3.86. The van der Waals surface area contributed by atoms with Gasteiger partial charge >= 0.3 is 0 Å². The zero-order valence-electron chi connectivity index (χ0n) is 8.58. The number of nitrogens with one attached hydrogen (secondary N) is 1. The number of hydrogen-bond acceptors (Lipinski definition) is 2. The number of hydrogen-bond donors (Lipinski definition) is 1. The van der Waals surface area contributed by atoms with E-state index < -0.39 is 5.38 Å². The second-order valence-corrected chi connectivity index (χ2v) is 3.90. The van der Waals surface area contributed by atoms with Gasteiger partial charge < -0.3 is 5.32 Å². The topological polar surface area (TPSA) is 46.2 Å². The summed E-state index contributed by atoms with van der Waals surface area (Å²) in [6.07, 6.45) is 0. The quantitative estimate of drug-likeness (QED) is 0.635. The van der Waals surface area contributed by atoms with Crippen LogP contribution in [0.3, 0.4) is 0 Å². The van der Waals surface area contributed by atoms with E-state index in [2.05, 4.69) is 5.32 Å². The van der Waals surface area contributed by atoms with E-state index in [-0.39, 0.29) is 11.7 Å². The fraction of sp³-hybridized carbons (Fsp3) is 0.273. The first-order chi connectivity index (χ1) is 7.00. The van der Waals surface area contributed by atoms with Crippen molar-refractivity contribution in [1.82, 2.24) is 0 Å². The number of amides is 1. The molecule has 0 aliphatic rings. The highest BCUT2D eigenvalue weighted by atomic mass is 35.5. The summed E-state index contributed by atoms with van der Waals surface area (Å²) in [7, 11) is 0. The Labute approximate surface area is 93.4 Å². The number of ketones is 1. The Bertz CT molecular complexity index is 388. The van der Waals surface area contributed by atoms with Crippen molar-refractivity contribution in [2.75, 3.05) is 5.32 Å². The highest BCUT2D eigenvalue weighted by Crippen LogP contribution is 2.14. The van der Waals surface area contributed by atoms with Gasteiger partial charge in [-0.15, -0.1) is 11.6 Å². The van der Waals surface area contributed by atoms with Crippen LogP contribution in [-0.2, 0) is 4.79 Å². The van der Waals surface area contributed by atoms with Crippen LogP contribution in [0.1, 0.15) is 24.2 Å². The van der Waals surface area contributed by atoms with E-state index in [1.165, 1.54) is 6.92 Å². The third kappa shape index (κ3) is 3.36. The monoisotopic (exact) mass is 225 g/mol. The summed E-state index contributed by atoms with van der Waals surface area (Å²) in [6, 6.07) is 6.71. The van der Waals surface area contributed by atoms with Crippen LogP contribution in [0.2, 0.25) is 0 Å². The van der Waals surface area contributed by atoms with E-state index in [9.17, 15) is 9.59 Å². The number of carbonyl (C=O) groups excluding carboxylic acids is 2. The van der Waals surface area contributed by atoms with Crippen molar-refractivity contribution in [3.05, 3.63) is 29.8 Å². The molecule has 0 saturated carbocycles. The molecule has 1 N–H and O–H groups in total. The Morgan fingerprint density at radius 3 is 2.60 bits per heavy atom. The summed E-state index contributed by atoms with van der Waals surface area (Å²) in [4.78, 5) is 22.3. The molecule has 0 radical (unpaired) electrons. The second-order valence-electron chi connectivity index (χ2n) is 3.24. The molecule has 1 atom stereocenters. The number of rotatable bonds is 3. The van der Waals surface area contributed by atoms with Gasteiger partial charge in [-0.05, 0) is 19.1 Å². The summed E-state index contributed by atoms with van der Waals surface area (Å²) < 4.78 is 0. The minimum Gasteiger partial charge on any atom is -0.326 e. The lowest BCUT2D eigenvalue weighted by atomic mass is 10.1. The maximum atomic E-state index is 11.5. The third-order valence-corrected chi connectivity index (χ3v) is 2.03. The fourth-order valence-corrected chi connectivity index (χ4v) is 1.31. The smallest absolute Gasteiger partial charge is 0.221 e. The van der Waals surface area contributed by atoms with Gasteiger partial charge in [0.15, 0.2) is 5.78 Å². The van der Waals surface area contributed by atoms with Crippen molar-refractivity contribution in [3.63, 3.8) is 0 Å². The van der Waals surface area contributed by atoms with E-state index in [1.54, 1.807) is 31.2 Å². The molecule has 1 unspecified atom stereocenters. The van der Waals surface area contributed by atoms with Crippen molar-refractivity contribution < 1.29 is 9.59 Å². The molecule has 0 aromatic heterocycles. The van der Waals surface area contributed by atoms with Gasteiger partial charge in [0.05, 0.1) is 5.38 Å². The first kappa shape index (κ1) is 11.7. The van der Waals surface area contributed by atoms with Crippen LogP contribution in [0.4, 0.5) is 5.69 Å². The number of alkyl halides is 1. The van der Waals surface area contributed by atoms with Crippen LogP contribution in [0, 0.1) is 0 Å². The summed E-state index contributed by atoms with van der Waals surface area (Å²) in [5.74, 6) is -0.317. The lowest BCUT2D eigenvalue weighted by molar-refractivity contribution is -0.114. The minimum atomic E-state index is -0.558. The first-order valence-electron chi connectivity index (χ1n) is 4.56. The van der Waals surface area contributed by atoms with Crippen LogP contribution in [-0.4, -0.2) is 17.1 Å². The molecule has 0 aliphatic carbocycles. The molecule has 1 aromatic carbocycles. The molecule has 0 bridgehead atoms. The van der Waals surface area contributed by atoms with E-state index in [0.717, 1.165) is 0 Å². The van der Waals surface area contributed by atoms with Gasteiger partial charge in [0.1, 0.15) is 0 Å². The van der Waals surface area contributed by atoms with Crippen molar-refractivity contribution in [1.29, 1.82) is 0 Å². The SMILES string of the molecule is CC(=O)Nc1cccc(C(=O)C(C)Cl)c1. The van der Waals surface area contributed by atoms with Gasteiger partial charge in [-0.1, -0.05) is 12.1 Å². The number of halogens is 1. The highest BCUT2D eigenvalue weighted by Gasteiger charge is 2.12. The molecular formula is C11H12ClNO2. The largest absolute Gasteiger partial charge is 0.326 e. The number of Topliss-reactive ketones (excluding diaryl/α,β-unsaturated/α-hetero) is 1. The molecule has 1 amide bonds. The normalized spacial score (nSPS) is 11.9. The molecule has 0 fully saturated rings. The molecule has 0 saturated heterocycles. The molecule has 3 nitrogen and oxygen atoms in total. The van der Waals surface area contributed by atoms with E-state index in [0.29, 0.717) is 11.3 Å². The van der Waals surface area contributed by atoms with Crippen LogP contribution in [0.25, 0.3) is 0 Å². The lowest BCUT2D eigenvalue weighted by Gasteiger charge is -2.05. The second kappa shape index (κ2) is 4.94. The molecule has 80 valence electrons. The zero-order valence-corrected chi connectivity index (χ0v) is 9.34. The maximum Gasteiger partial charge on any atom is 0.221 e. The maximum absolute atomic E-state index is 11.5. The molecule has 1 rings (SSSR count). The lowest BCUT2D eigenvalue weighted by Crippen LogP contribution is -2.11. The van der Waals surface area contributed by atoms with Crippen LogP contribution < -0.4 is 5.32 Å². The van der Waals surface area contributed by atoms with E-state index in [4.69, 9.17) is 11.6 Å². The predicted molar refractivity (Wildman–Crippen MR) is 60.4 cm³/mol. The van der Waals surface area contributed by atoms with Crippen LogP contribution in [0.5, 0.6) is 0 Å². The van der Waals surface area contributed by atoms with Crippen molar-refractivity contribution in [3.8, 4) is 0 Å². The summed E-state index contributed by atoms with van der Waals surface area (Å²) >= 11 is 5.68. The Morgan fingerprint density at radius 1 is 1.40 bits per heavy atom. The van der Waals surface area contributed by atoms with Gasteiger partial charge in [-0.2, -0.15) is 0 Å². The molecule has 1 aromatic rings. The number of carbonyl (C=O) groups is 2. The van der Waals surface area contributed by atoms with Gasteiger partial charge in [0.2, 0.25) is 5.91 Å². The van der Waals surface area contributed by atoms with Crippen molar-refractivity contribution in [2.45, 2.75) is 19.2 Å². The number of anilines is 1. The highest BCUT2D eigenvalue weighted by molar-refractivity contribution is 6.33. The zero-order chi connectivity index (χ0) is 11.4. The van der Waals surface area contributed by atoms with E-state index >= 15 is 0 Å². The number of benzene rings is 1. The summed E-state index contributed by atoms with van der Waals surface area (Å²) in [5.41, 5.74) is 1.11. The van der Waals surface area contributed by atoms with Crippen LogP contribution >= 0.6 is 11.6 Å². The van der Waals surface area contributed by atoms with Crippen molar-refractivity contribution >= 4 is 29.0 Å². The molecule has 15 heavy (non-hydrogen) atoms. The summed E-state index contributed by atoms with van der Waals surface area (Å²) in [5, 5.41) is 2.05. The van der Waals surface area contributed by atoms with Gasteiger partial charge in [-0.25, -0.2) is 0 Å². The molecule has 0 aliphatic heterocycles.